The van der Waals surface area contributed by atoms with Crippen molar-refractivity contribution in [3.63, 3.8) is 0 Å². The van der Waals surface area contributed by atoms with E-state index < -0.39 is 69.5 Å². The van der Waals surface area contributed by atoms with Crippen molar-refractivity contribution in [2.45, 2.75) is 92.4 Å². The predicted molar refractivity (Wildman–Crippen MR) is 292 cm³/mol. The molecule has 0 radical (unpaired) electrons. The summed E-state index contributed by atoms with van der Waals surface area (Å²) in [6.07, 6.45) is -7.89. The first-order valence-corrected chi connectivity index (χ1v) is 28.9. The molecule has 4 aromatic carbocycles. The Hall–Kier alpha value is -6.86. The molecule has 2 saturated heterocycles. The lowest BCUT2D eigenvalue weighted by Gasteiger charge is -2.37. The topological polar surface area (TPSA) is 160 Å². The van der Waals surface area contributed by atoms with Crippen molar-refractivity contribution in [1.29, 1.82) is 0 Å². The molecule has 4 atom stereocenters. The van der Waals surface area contributed by atoms with E-state index in [0.29, 0.717) is 82.0 Å². The zero-order valence-electron chi connectivity index (χ0n) is 44.2. The van der Waals surface area contributed by atoms with E-state index >= 15 is 4.39 Å². The van der Waals surface area contributed by atoms with Gasteiger partial charge in [-0.25, -0.2) is 25.6 Å². The molecule has 6 aromatic rings. The number of alkyl halides is 8. The third-order valence-corrected chi connectivity index (χ3v) is 15.5. The van der Waals surface area contributed by atoms with Crippen LogP contribution in [0.25, 0.3) is 21.8 Å². The average molecular weight is 1150 g/mol. The van der Waals surface area contributed by atoms with Crippen LogP contribution in [0.3, 0.4) is 0 Å². The maximum Gasteiger partial charge on any atom is 0.406 e. The Labute approximate surface area is 454 Å². The van der Waals surface area contributed by atoms with Crippen LogP contribution in [-0.2, 0) is 32.8 Å². The van der Waals surface area contributed by atoms with E-state index in [2.05, 4.69) is 55.2 Å². The van der Waals surface area contributed by atoms with Gasteiger partial charge in [-0.1, -0.05) is 24.0 Å². The predicted octanol–water partition coefficient (Wildman–Crippen LogP) is 9.50. The van der Waals surface area contributed by atoms with Crippen molar-refractivity contribution in [2.24, 2.45) is 0 Å². The Balaban J connectivity index is 0.000000229. The van der Waals surface area contributed by atoms with E-state index in [1.807, 2.05) is 13.8 Å². The van der Waals surface area contributed by atoms with Crippen LogP contribution in [0.15, 0.2) is 94.7 Å². The van der Waals surface area contributed by atoms with Crippen LogP contribution in [0.4, 0.5) is 57.9 Å². The van der Waals surface area contributed by atoms with Gasteiger partial charge in [0.15, 0.2) is 19.7 Å². The van der Waals surface area contributed by atoms with E-state index in [9.17, 15) is 47.6 Å². The smallest absolute Gasteiger partial charge is 0.406 e. The molecular weight excluding hydrogens is 1080 g/mol. The number of hydrogen-bond acceptors (Lipinski definition) is 12. The van der Waals surface area contributed by atoms with Gasteiger partial charge in [-0.05, 0) is 106 Å². The van der Waals surface area contributed by atoms with Crippen LogP contribution in [0, 0.1) is 23.7 Å². The van der Waals surface area contributed by atoms with Crippen molar-refractivity contribution >= 4 is 64.2 Å². The van der Waals surface area contributed by atoms with E-state index in [1.165, 1.54) is 44.6 Å². The van der Waals surface area contributed by atoms with E-state index in [-0.39, 0.29) is 46.9 Å². The highest BCUT2D eigenvalue weighted by Gasteiger charge is 2.34. The van der Waals surface area contributed by atoms with Gasteiger partial charge >= 0.3 is 12.4 Å². The van der Waals surface area contributed by atoms with Crippen molar-refractivity contribution in [1.82, 2.24) is 19.4 Å². The molecule has 2 aliphatic heterocycles. The zero-order chi connectivity index (χ0) is 57.5. The summed E-state index contributed by atoms with van der Waals surface area (Å²) in [5.41, 5.74) is 3.10. The fourth-order valence-electron chi connectivity index (χ4n) is 9.31. The second kappa shape index (κ2) is 25.1. The quantitative estimate of drug-likeness (QED) is 0.0491. The normalized spacial score (nSPS) is 18.2. The molecular formula is C55H62F8N8O6S2. The number of methoxy groups -OCH3 is 2. The Bertz CT molecular complexity index is 3490. The van der Waals surface area contributed by atoms with Gasteiger partial charge in [0, 0.05) is 72.5 Å². The maximum absolute atomic E-state index is 15.0. The molecule has 79 heavy (non-hydrogen) atoms. The molecule has 0 saturated carbocycles. The minimum absolute atomic E-state index is 0.0607. The first kappa shape index (κ1) is 59.8. The Morgan fingerprint density at radius 2 is 1.10 bits per heavy atom. The number of anilines is 4. The van der Waals surface area contributed by atoms with Gasteiger partial charge in [0.2, 0.25) is 0 Å². The lowest BCUT2D eigenvalue weighted by molar-refractivity contribution is -0.140. The SMILES string of the molecule is COc1cc(S(C)(=O)=O)ccc1NCC#Cc1cc2c(N[C@H]3CCN(C(C)C)C[C@H]3F)cccc2n1CC(F)(F)F.COc1cc(S(C)(=O)=O)ccc1NCC#Cc1cc2c(N[C@H]3CCNC[C@H]3F)cccc2n1CC(F)(F)F. The molecule has 5 N–H and O–H groups in total. The number of sulfone groups is 2. The summed E-state index contributed by atoms with van der Waals surface area (Å²) in [4.78, 5) is 2.26. The number of benzene rings is 4. The summed E-state index contributed by atoms with van der Waals surface area (Å²) in [6, 6.07) is 21.1. The molecule has 14 nitrogen and oxygen atoms in total. The number of fused-ring (bicyclic) bond motifs is 2. The molecule has 8 rings (SSSR count). The third-order valence-electron chi connectivity index (χ3n) is 13.3. The number of nitrogens with zero attached hydrogens (tertiary/aromatic N) is 3. The summed E-state index contributed by atoms with van der Waals surface area (Å²) in [6.45, 7) is 3.60. The van der Waals surface area contributed by atoms with Crippen LogP contribution in [-0.4, -0.2) is 140 Å². The molecule has 24 heteroatoms. The first-order chi connectivity index (χ1) is 37.2. The molecule has 0 aliphatic carbocycles. The van der Waals surface area contributed by atoms with Crippen LogP contribution in [0.1, 0.15) is 38.1 Å². The van der Waals surface area contributed by atoms with Crippen molar-refractivity contribution in [3.05, 3.63) is 96.3 Å². The molecule has 0 spiro atoms. The number of aromatic nitrogens is 2. The standard InChI is InChI=1S/C29H34F4N4O3S.C26H28F4N4O3S/c1-19(2)36-14-12-25(23(30)17-36)35-24-8-5-9-27-22(24)15-20(37(27)18-29(31,32)33)7-6-13-34-26-11-10-21(41(4,38)39)16-28(26)40-3;1-37-25-14-18(38(2,35)36)8-9-23(25)32-11-4-5-17-13-19-21(33-22-10-12-31-15-20(22)27)6-3-7-24(19)34(17)16-26(28,29)30/h5,8-11,15-16,19,23,25,34-35H,12-14,17-18H2,1-4H3;3,6-9,13-14,20,22,31-33H,10-12,15-16H2,1-2H3/t23-,25+;20-,22+/m11/s1. The highest BCUT2D eigenvalue weighted by Crippen LogP contribution is 2.35. The number of nitrogens with one attached hydrogen (secondary N) is 5. The van der Waals surface area contributed by atoms with E-state index in [1.54, 1.807) is 54.6 Å². The summed E-state index contributed by atoms with van der Waals surface area (Å²) in [5, 5.41) is 16.5. The zero-order valence-corrected chi connectivity index (χ0v) is 45.8. The minimum Gasteiger partial charge on any atom is -0.495 e. The van der Waals surface area contributed by atoms with Crippen molar-refractivity contribution < 1.29 is 61.4 Å². The van der Waals surface area contributed by atoms with Gasteiger partial charge in [0.1, 0.15) is 36.9 Å². The second-order valence-corrected chi connectivity index (χ2v) is 23.5. The lowest BCUT2D eigenvalue weighted by atomic mass is 10.0. The number of rotatable bonds is 15. The maximum atomic E-state index is 15.0. The summed E-state index contributed by atoms with van der Waals surface area (Å²) in [7, 11) is -4.05. The van der Waals surface area contributed by atoms with Gasteiger partial charge in [-0.2, -0.15) is 26.3 Å². The third kappa shape index (κ3) is 15.7. The summed E-state index contributed by atoms with van der Waals surface area (Å²) < 4.78 is 170. The first-order valence-electron chi connectivity index (χ1n) is 25.1. The molecule has 0 unspecified atom stereocenters. The average Bonchev–Trinajstić information content (AvgIpc) is 4.12. The molecule has 4 heterocycles. The van der Waals surface area contributed by atoms with Crippen LogP contribution >= 0.6 is 0 Å². The van der Waals surface area contributed by atoms with Crippen molar-refractivity contribution in [2.75, 3.05) is 87.3 Å². The molecule has 426 valence electrons. The number of likely N-dealkylation sites (tertiary alicyclic amines) is 1. The van der Waals surface area contributed by atoms with E-state index in [0.717, 1.165) is 28.2 Å². The van der Waals surface area contributed by atoms with Gasteiger partial charge in [-0.3, -0.25) is 4.90 Å². The van der Waals surface area contributed by atoms with Crippen LogP contribution < -0.4 is 36.1 Å². The number of hydrogen-bond donors (Lipinski definition) is 5. The Morgan fingerprint density at radius 3 is 1.49 bits per heavy atom. The van der Waals surface area contributed by atoms with E-state index in [4.69, 9.17) is 9.47 Å². The van der Waals surface area contributed by atoms with Crippen LogP contribution in [0.2, 0.25) is 0 Å². The minimum atomic E-state index is -4.48. The van der Waals surface area contributed by atoms with Gasteiger partial charge in [0.25, 0.3) is 0 Å². The number of halogens is 8. The lowest BCUT2D eigenvalue weighted by Crippen LogP contribution is -2.50. The molecule has 2 aliphatic rings. The Morgan fingerprint density at radius 1 is 0.646 bits per heavy atom. The van der Waals surface area contributed by atoms with Gasteiger partial charge in [0.05, 0.1) is 83.0 Å². The summed E-state index contributed by atoms with van der Waals surface area (Å²) >= 11 is 0. The largest absolute Gasteiger partial charge is 0.495 e. The van der Waals surface area contributed by atoms with Gasteiger partial charge in [-0.15, -0.1) is 0 Å². The Kier molecular flexibility index (Phi) is 19.0. The fourth-order valence-corrected chi connectivity index (χ4v) is 10.6. The molecule has 0 amide bonds. The molecule has 2 aromatic heterocycles. The fraction of sp³-hybridized carbons (Fsp3) is 0.418. The summed E-state index contributed by atoms with van der Waals surface area (Å²) in [5.74, 6) is 11.9. The van der Waals surface area contributed by atoms with Crippen LogP contribution in [0.5, 0.6) is 11.5 Å². The van der Waals surface area contributed by atoms with Crippen molar-refractivity contribution in [3.8, 4) is 35.2 Å². The van der Waals surface area contributed by atoms with Gasteiger partial charge < -0.3 is 45.2 Å². The highest BCUT2D eigenvalue weighted by atomic mass is 32.2. The molecule has 2 fully saturated rings. The number of ether oxygens (including phenoxy) is 2. The second-order valence-electron chi connectivity index (χ2n) is 19.4. The highest BCUT2D eigenvalue weighted by molar-refractivity contribution is 7.91. The molecule has 0 bridgehead atoms. The number of piperidine rings is 2. The monoisotopic (exact) mass is 1150 g/mol.